The molecule has 0 saturated carbocycles. The van der Waals surface area contributed by atoms with Crippen molar-refractivity contribution in [3.8, 4) is 0 Å². The lowest BCUT2D eigenvalue weighted by atomic mass is 10.1. The maximum absolute atomic E-state index is 12.9. The number of amides is 1. The number of tetrazole rings is 1. The molecule has 11 heteroatoms. The molecule has 3 rings (SSSR count). The van der Waals surface area contributed by atoms with E-state index < -0.39 is 10.2 Å². The highest BCUT2D eigenvalue weighted by molar-refractivity contribution is 8.00. The topological polar surface area (TPSA) is 116 Å². The Morgan fingerprint density at radius 3 is 2.67 bits per heavy atom. The fourth-order valence-corrected chi connectivity index (χ4v) is 3.39. The summed E-state index contributed by atoms with van der Waals surface area (Å²) in [5, 5.41) is 24.8. The summed E-state index contributed by atoms with van der Waals surface area (Å²) in [6.45, 7) is 0. The van der Waals surface area contributed by atoms with E-state index in [-0.39, 0.29) is 22.3 Å². The smallest absolute Gasteiger partial charge is 0.289 e. The Balaban J connectivity index is 1.88. The van der Waals surface area contributed by atoms with E-state index in [9.17, 15) is 14.9 Å². The number of aromatic nitrogens is 4. The van der Waals surface area contributed by atoms with Gasteiger partial charge in [-0.15, -0.1) is 5.10 Å². The predicted molar refractivity (Wildman–Crippen MR) is 101 cm³/mol. The zero-order chi connectivity index (χ0) is 19.4. The van der Waals surface area contributed by atoms with Crippen molar-refractivity contribution in [1.82, 2.24) is 20.2 Å². The Morgan fingerprint density at radius 2 is 2.04 bits per heavy atom. The minimum Gasteiger partial charge on any atom is -0.325 e. The number of rotatable bonds is 6. The van der Waals surface area contributed by atoms with E-state index in [0.717, 1.165) is 5.56 Å². The summed E-state index contributed by atoms with van der Waals surface area (Å²) in [6.07, 6.45) is 0. The maximum atomic E-state index is 12.9. The van der Waals surface area contributed by atoms with Crippen molar-refractivity contribution in [2.45, 2.75) is 10.4 Å². The van der Waals surface area contributed by atoms with Crippen molar-refractivity contribution in [2.24, 2.45) is 7.05 Å². The molecule has 0 unspecified atom stereocenters. The van der Waals surface area contributed by atoms with Gasteiger partial charge in [-0.3, -0.25) is 14.9 Å². The van der Waals surface area contributed by atoms with Gasteiger partial charge in [-0.25, -0.2) is 4.68 Å². The zero-order valence-corrected chi connectivity index (χ0v) is 15.5. The summed E-state index contributed by atoms with van der Waals surface area (Å²) >= 11 is 6.99. The number of nitro benzene ring substituents is 1. The van der Waals surface area contributed by atoms with Gasteiger partial charge in [-0.1, -0.05) is 53.7 Å². The standard InChI is InChI=1S/C16H13ClN6O3S/c1-22-16(19-20-21-22)27-14(10-5-3-2-4-6-10)15(24)18-11-7-8-12(17)13(9-11)23(25)26/h2-9,14H,1H3,(H,18,24)/t14-/m0/s1. The third kappa shape index (κ3) is 4.41. The lowest BCUT2D eigenvalue weighted by Gasteiger charge is -2.16. The molecule has 1 amide bonds. The van der Waals surface area contributed by atoms with Crippen molar-refractivity contribution < 1.29 is 9.72 Å². The number of anilines is 1. The molecule has 3 aromatic rings. The van der Waals surface area contributed by atoms with Crippen LogP contribution in [0.4, 0.5) is 11.4 Å². The number of benzene rings is 2. The molecule has 0 fully saturated rings. The molecular formula is C16H13ClN6O3S. The van der Waals surface area contributed by atoms with E-state index in [1.165, 1.54) is 34.6 Å². The van der Waals surface area contributed by atoms with Gasteiger partial charge in [-0.05, 0) is 28.1 Å². The van der Waals surface area contributed by atoms with E-state index in [1.54, 1.807) is 7.05 Å². The van der Waals surface area contributed by atoms with Gasteiger partial charge >= 0.3 is 0 Å². The fraction of sp³-hybridized carbons (Fsp3) is 0.125. The molecular weight excluding hydrogens is 392 g/mol. The molecule has 0 aliphatic rings. The number of halogens is 1. The number of thioether (sulfide) groups is 1. The van der Waals surface area contributed by atoms with Crippen molar-refractivity contribution >= 4 is 40.6 Å². The average Bonchev–Trinajstić information content (AvgIpc) is 3.06. The molecule has 0 saturated heterocycles. The van der Waals surface area contributed by atoms with Gasteiger partial charge in [0.25, 0.3) is 5.69 Å². The van der Waals surface area contributed by atoms with E-state index in [2.05, 4.69) is 20.8 Å². The maximum Gasteiger partial charge on any atom is 0.289 e. The van der Waals surface area contributed by atoms with Crippen LogP contribution < -0.4 is 5.32 Å². The number of hydrogen-bond acceptors (Lipinski definition) is 7. The van der Waals surface area contributed by atoms with Crippen LogP contribution in [0.15, 0.2) is 53.7 Å². The molecule has 1 heterocycles. The van der Waals surface area contributed by atoms with E-state index >= 15 is 0 Å². The van der Waals surface area contributed by atoms with Crippen LogP contribution in [0, 0.1) is 10.1 Å². The van der Waals surface area contributed by atoms with Gasteiger partial charge in [-0.2, -0.15) is 0 Å². The number of nitro groups is 1. The molecule has 27 heavy (non-hydrogen) atoms. The molecule has 0 aliphatic carbocycles. The Hall–Kier alpha value is -2.98. The molecule has 1 atom stereocenters. The molecule has 0 bridgehead atoms. The van der Waals surface area contributed by atoms with Crippen molar-refractivity contribution in [3.05, 3.63) is 69.2 Å². The second kappa shape index (κ2) is 8.14. The van der Waals surface area contributed by atoms with Gasteiger partial charge in [0.1, 0.15) is 10.3 Å². The highest BCUT2D eigenvalue weighted by atomic mass is 35.5. The Bertz CT molecular complexity index is 981. The zero-order valence-electron chi connectivity index (χ0n) is 13.9. The van der Waals surface area contributed by atoms with Crippen LogP contribution >= 0.6 is 23.4 Å². The molecule has 1 aromatic heterocycles. The highest BCUT2D eigenvalue weighted by Gasteiger charge is 2.25. The third-order valence-electron chi connectivity index (χ3n) is 3.56. The van der Waals surface area contributed by atoms with Gasteiger partial charge < -0.3 is 5.32 Å². The molecule has 0 spiro atoms. The van der Waals surface area contributed by atoms with E-state index in [4.69, 9.17) is 11.6 Å². The molecule has 1 N–H and O–H groups in total. The monoisotopic (exact) mass is 404 g/mol. The number of carbonyl (C=O) groups excluding carboxylic acids is 1. The lowest BCUT2D eigenvalue weighted by molar-refractivity contribution is -0.384. The minimum absolute atomic E-state index is 0.00265. The quantitative estimate of drug-likeness (QED) is 0.380. The second-order valence-corrected chi connectivity index (χ2v) is 6.89. The van der Waals surface area contributed by atoms with Crippen molar-refractivity contribution in [2.75, 3.05) is 5.32 Å². The van der Waals surface area contributed by atoms with Crippen LogP contribution in [0.3, 0.4) is 0 Å². The number of aryl methyl sites for hydroxylation is 1. The number of nitrogens with one attached hydrogen (secondary N) is 1. The van der Waals surface area contributed by atoms with Crippen LogP contribution in [-0.2, 0) is 11.8 Å². The van der Waals surface area contributed by atoms with Crippen LogP contribution in [0.2, 0.25) is 5.02 Å². The van der Waals surface area contributed by atoms with Gasteiger partial charge in [0.05, 0.1) is 4.92 Å². The minimum atomic E-state index is -0.661. The van der Waals surface area contributed by atoms with E-state index in [1.807, 2.05) is 30.3 Å². The first-order valence-electron chi connectivity index (χ1n) is 7.64. The normalized spacial score (nSPS) is 11.8. The van der Waals surface area contributed by atoms with E-state index in [0.29, 0.717) is 5.16 Å². The molecule has 2 aromatic carbocycles. The largest absolute Gasteiger partial charge is 0.325 e. The van der Waals surface area contributed by atoms with Gasteiger partial charge in [0.15, 0.2) is 0 Å². The van der Waals surface area contributed by atoms with Crippen LogP contribution in [0.1, 0.15) is 10.8 Å². The summed E-state index contributed by atoms with van der Waals surface area (Å²) in [4.78, 5) is 23.3. The van der Waals surface area contributed by atoms with Crippen LogP contribution in [-0.4, -0.2) is 31.0 Å². The van der Waals surface area contributed by atoms with Crippen molar-refractivity contribution in [1.29, 1.82) is 0 Å². The molecule has 0 radical (unpaired) electrons. The Labute approximate surface area is 162 Å². The first kappa shape index (κ1) is 18.8. The number of nitrogens with zero attached hydrogens (tertiary/aromatic N) is 5. The first-order chi connectivity index (χ1) is 13.0. The van der Waals surface area contributed by atoms with Crippen LogP contribution in [0.5, 0.6) is 0 Å². The first-order valence-corrected chi connectivity index (χ1v) is 8.90. The SMILES string of the molecule is Cn1nnnc1S[C@H](C(=O)Nc1ccc(Cl)c([N+](=O)[O-])c1)c1ccccc1. The van der Waals surface area contributed by atoms with Crippen LogP contribution in [0.25, 0.3) is 0 Å². The number of carbonyl (C=O) groups is 1. The Kier molecular flexibility index (Phi) is 5.67. The summed E-state index contributed by atoms with van der Waals surface area (Å²) in [7, 11) is 1.67. The molecule has 138 valence electrons. The predicted octanol–water partition coefficient (Wildman–Crippen LogP) is 3.24. The third-order valence-corrected chi connectivity index (χ3v) is 5.15. The second-order valence-electron chi connectivity index (χ2n) is 5.41. The van der Waals surface area contributed by atoms with Gasteiger partial charge in [0, 0.05) is 18.8 Å². The molecule has 0 aliphatic heterocycles. The lowest BCUT2D eigenvalue weighted by Crippen LogP contribution is -2.19. The Morgan fingerprint density at radius 1 is 1.30 bits per heavy atom. The number of hydrogen-bond donors (Lipinski definition) is 1. The fourth-order valence-electron chi connectivity index (χ4n) is 2.27. The summed E-state index contributed by atoms with van der Waals surface area (Å²) in [5.74, 6) is -0.370. The summed E-state index contributed by atoms with van der Waals surface area (Å²) in [6, 6.07) is 13.2. The summed E-state index contributed by atoms with van der Waals surface area (Å²) < 4.78 is 1.46. The molecule has 9 nitrogen and oxygen atoms in total. The average molecular weight is 405 g/mol. The van der Waals surface area contributed by atoms with Gasteiger partial charge in [0.2, 0.25) is 11.1 Å². The highest BCUT2D eigenvalue weighted by Crippen LogP contribution is 2.35. The van der Waals surface area contributed by atoms with Crippen molar-refractivity contribution in [3.63, 3.8) is 0 Å². The summed E-state index contributed by atoms with van der Waals surface area (Å²) in [5.41, 5.74) is 0.732.